The van der Waals surface area contributed by atoms with Gasteiger partial charge in [-0.05, 0) is 50.3 Å². The number of benzene rings is 1. The molecule has 0 aliphatic heterocycles. The highest BCUT2D eigenvalue weighted by Gasteiger charge is 2.13. The molecule has 1 aliphatic carbocycles. The van der Waals surface area contributed by atoms with Gasteiger partial charge in [0.2, 0.25) is 10.0 Å². The fourth-order valence-corrected chi connectivity index (χ4v) is 3.77. The third-order valence-electron chi connectivity index (χ3n) is 4.78. The number of sulfonamides is 1. The molecule has 1 aromatic carbocycles. The van der Waals surface area contributed by atoms with Gasteiger partial charge in [0.15, 0.2) is 5.96 Å². The van der Waals surface area contributed by atoms with Crippen molar-refractivity contribution in [3.8, 4) is 0 Å². The summed E-state index contributed by atoms with van der Waals surface area (Å²) < 4.78 is 28.5. The highest BCUT2D eigenvalue weighted by Crippen LogP contribution is 2.20. The lowest BCUT2D eigenvalue weighted by Gasteiger charge is -2.21. The van der Waals surface area contributed by atoms with Gasteiger partial charge in [0.05, 0.1) is 11.0 Å². The van der Waals surface area contributed by atoms with E-state index in [1.54, 1.807) is 12.1 Å². The van der Waals surface area contributed by atoms with Crippen LogP contribution in [0.5, 0.6) is 0 Å². The van der Waals surface area contributed by atoms with Crippen LogP contribution in [0.4, 0.5) is 0 Å². The van der Waals surface area contributed by atoms with Gasteiger partial charge in [-0.25, -0.2) is 13.6 Å². The molecule has 0 heterocycles. The highest BCUT2D eigenvalue weighted by atomic mass is 32.2. The van der Waals surface area contributed by atoms with Gasteiger partial charge in [-0.2, -0.15) is 0 Å². The molecule has 28 heavy (non-hydrogen) atoms. The zero-order valence-corrected chi connectivity index (χ0v) is 17.6. The van der Waals surface area contributed by atoms with Crippen molar-refractivity contribution in [1.82, 2.24) is 10.6 Å². The van der Waals surface area contributed by atoms with Crippen LogP contribution in [0, 0.1) is 0 Å². The predicted molar refractivity (Wildman–Crippen MR) is 113 cm³/mol. The molecule has 2 rings (SSSR count). The van der Waals surface area contributed by atoms with Crippen molar-refractivity contribution >= 4 is 16.0 Å². The number of guanidine groups is 1. The van der Waals surface area contributed by atoms with Gasteiger partial charge in [-0.15, -0.1) is 0 Å². The summed E-state index contributed by atoms with van der Waals surface area (Å²) in [4.78, 5) is 4.73. The Labute approximate surface area is 169 Å². The van der Waals surface area contributed by atoms with E-state index in [1.807, 2.05) is 6.92 Å². The standard InChI is InChI=1S/C20H34N4O3S/c1-2-22-20(23-14-6-16-27-18-7-4-3-5-8-18)24-15-13-17-9-11-19(12-10-17)28(21,25)26/h9-12,18H,2-8,13-16H2,1H3,(H2,21,25,26)(H2,22,23,24). The molecule has 0 saturated heterocycles. The van der Waals surface area contributed by atoms with Gasteiger partial charge in [0.25, 0.3) is 0 Å². The number of primary sulfonamides is 1. The van der Waals surface area contributed by atoms with Crippen LogP contribution in [0.25, 0.3) is 0 Å². The average Bonchev–Trinajstić information content (AvgIpc) is 2.68. The van der Waals surface area contributed by atoms with E-state index in [1.165, 1.54) is 44.2 Å². The summed E-state index contributed by atoms with van der Waals surface area (Å²) in [6.07, 6.45) is 8.46. The smallest absolute Gasteiger partial charge is 0.238 e. The molecule has 1 aromatic rings. The molecule has 0 radical (unpaired) electrons. The summed E-state index contributed by atoms with van der Waals surface area (Å²) in [6.45, 7) is 5.04. The summed E-state index contributed by atoms with van der Waals surface area (Å²) in [7, 11) is -3.64. The number of hydrogen-bond acceptors (Lipinski definition) is 4. The first-order chi connectivity index (χ1) is 13.5. The Bertz CT molecular complexity index is 699. The second-order valence-electron chi connectivity index (χ2n) is 7.11. The molecular formula is C20H34N4O3S. The van der Waals surface area contributed by atoms with Crippen molar-refractivity contribution in [3.05, 3.63) is 29.8 Å². The largest absolute Gasteiger partial charge is 0.378 e. The number of nitrogens with two attached hydrogens (primary N) is 1. The summed E-state index contributed by atoms with van der Waals surface area (Å²) in [5, 5.41) is 11.7. The fourth-order valence-electron chi connectivity index (χ4n) is 3.25. The average molecular weight is 411 g/mol. The maximum absolute atomic E-state index is 11.3. The van der Waals surface area contributed by atoms with Gasteiger partial charge in [0, 0.05) is 26.2 Å². The van der Waals surface area contributed by atoms with E-state index >= 15 is 0 Å². The minimum atomic E-state index is -3.64. The van der Waals surface area contributed by atoms with Gasteiger partial charge >= 0.3 is 0 Å². The molecule has 4 N–H and O–H groups in total. The summed E-state index contributed by atoms with van der Waals surface area (Å²) in [5.74, 6) is 0.793. The monoisotopic (exact) mass is 410 g/mol. The predicted octanol–water partition coefficient (Wildman–Crippen LogP) is 2.17. The SMILES string of the molecule is CCNC(=NCCCOC1CCCCC1)NCCc1ccc(S(N)(=O)=O)cc1. The van der Waals surface area contributed by atoms with Crippen molar-refractivity contribution in [2.45, 2.75) is 62.9 Å². The first kappa shape index (κ1) is 22.6. The molecule has 0 spiro atoms. The summed E-state index contributed by atoms with van der Waals surface area (Å²) in [5.41, 5.74) is 1.04. The normalized spacial score (nSPS) is 16.1. The Morgan fingerprint density at radius 2 is 1.89 bits per heavy atom. The Balaban J connectivity index is 1.68. The van der Waals surface area contributed by atoms with Crippen LogP contribution in [0.2, 0.25) is 0 Å². The van der Waals surface area contributed by atoms with E-state index in [2.05, 4.69) is 15.6 Å². The third kappa shape index (κ3) is 8.58. The number of nitrogens with one attached hydrogen (secondary N) is 2. The molecule has 0 atom stereocenters. The first-order valence-electron chi connectivity index (χ1n) is 10.2. The lowest BCUT2D eigenvalue weighted by atomic mass is 9.98. The maximum atomic E-state index is 11.3. The Hall–Kier alpha value is -1.64. The quantitative estimate of drug-likeness (QED) is 0.311. The lowest BCUT2D eigenvalue weighted by molar-refractivity contribution is 0.0281. The van der Waals surface area contributed by atoms with Crippen LogP contribution in [0.1, 0.15) is 51.0 Å². The molecule has 0 amide bonds. The molecule has 1 saturated carbocycles. The van der Waals surface area contributed by atoms with E-state index < -0.39 is 10.0 Å². The Kier molecular flexibility index (Phi) is 9.73. The van der Waals surface area contributed by atoms with Crippen molar-refractivity contribution < 1.29 is 13.2 Å². The topological polar surface area (TPSA) is 106 Å². The maximum Gasteiger partial charge on any atom is 0.238 e. The number of aliphatic imine (C=N–C) groups is 1. The highest BCUT2D eigenvalue weighted by molar-refractivity contribution is 7.89. The molecule has 1 fully saturated rings. The van der Waals surface area contributed by atoms with Crippen LogP contribution in [-0.2, 0) is 21.2 Å². The van der Waals surface area contributed by atoms with E-state index in [9.17, 15) is 8.42 Å². The van der Waals surface area contributed by atoms with E-state index in [4.69, 9.17) is 9.88 Å². The number of rotatable bonds is 10. The Morgan fingerprint density at radius 3 is 2.54 bits per heavy atom. The second kappa shape index (κ2) is 12.0. The van der Waals surface area contributed by atoms with Crippen LogP contribution >= 0.6 is 0 Å². The summed E-state index contributed by atoms with van der Waals surface area (Å²) >= 11 is 0. The van der Waals surface area contributed by atoms with Crippen LogP contribution in [0.3, 0.4) is 0 Å². The van der Waals surface area contributed by atoms with Crippen molar-refractivity contribution in [2.75, 3.05) is 26.2 Å². The minimum absolute atomic E-state index is 0.134. The second-order valence-corrected chi connectivity index (χ2v) is 8.67. The first-order valence-corrected chi connectivity index (χ1v) is 11.8. The van der Waals surface area contributed by atoms with Gasteiger partial charge in [-0.1, -0.05) is 31.4 Å². The number of hydrogen-bond donors (Lipinski definition) is 3. The van der Waals surface area contributed by atoms with Crippen LogP contribution < -0.4 is 15.8 Å². The van der Waals surface area contributed by atoms with Crippen LogP contribution in [0.15, 0.2) is 34.2 Å². The number of nitrogens with zero attached hydrogens (tertiary/aromatic N) is 1. The molecule has 0 bridgehead atoms. The molecule has 158 valence electrons. The minimum Gasteiger partial charge on any atom is -0.378 e. The fraction of sp³-hybridized carbons (Fsp3) is 0.650. The van der Waals surface area contributed by atoms with Crippen molar-refractivity contribution in [3.63, 3.8) is 0 Å². The van der Waals surface area contributed by atoms with Crippen molar-refractivity contribution in [1.29, 1.82) is 0 Å². The van der Waals surface area contributed by atoms with E-state index in [0.29, 0.717) is 12.6 Å². The molecule has 7 nitrogen and oxygen atoms in total. The zero-order chi connectivity index (χ0) is 20.2. The molecule has 0 aromatic heterocycles. The van der Waals surface area contributed by atoms with Gasteiger partial charge < -0.3 is 15.4 Å². The molecule has 1 aliphatic rings. The van der Waals surface area contributed by atoms with Crippen molar-refractivity contribution in [2.24, 2.45) is 10.1 Å². The molecular weight excluding hydrogens is 376 g/mol. The number of ether oxygens (including phenoxy) is 1. The summed E-state index contributed by atoms with van der Waals surface area (Å²) in [6, 6.07) is 6.65. The van der Waals surface area contributed by atoms with Gasteiger partial charge in [-0.3, -0.25) is 4.99 Å². The lowest BCUT2D eigenvalue weighted by Crippen LogP contribution is -2.38. The molecule has 8 heteroatoms. The molecule has 0 unspecified atom stereocenters. The van der Waals surface area contributed by atoms with Crippen LogP contribution in [-0.4, -0.2) is 46.7 Å². The van der Waals surface area contributed by atoms with E-state index in [0.717, 1.165) is 44.1 Å². The van der Waals surface area contributed by atoms with E-state index in [-0.39, 0.29) is 4.90 Å². The Morgan fingerprint density at radius 1 is 1.18 bits per heavy atom. The third-order valence-corrected chi connectivity index (χ3v) is 5.71. The van der Waals surface area contributed by atoms with Gasteiger partial charge in [0.1, 0.15) is 0 Å². The zero-order valence-electron chi connectivity index (χ0n) is 16.8.